The van der Waals surface area contributed by atoms with Gasteiger partial charge in [0, 0.05) is 18.9 Å². The molecule has 0 spiro atoms. The second-order valence-corrected chi connectivity index (χ2v) is 6.34. The summed E-state index contributed by atoms with van der Waals surface area (Å²) >= 11 is 11.6. The molecule has 1 heterocycles. The van der Waals surface area contributed by atoms with Crippen LogP contribution in [0.25, 0.3) is 0 Å². The highest BCUT2D eigenvalue weighted by Crippen LogP contribution is 2.31. The Labute approximate surface area is 147 Å². The van der Waals surface area contributed by atoms with Crippen LogP contribution >= 0.6 is 23.2 Å². The molecule has 1 atom stereocenters. The molecule has 0 radical (unpaired) electrons. The van der Waals surface area contributed by atoms with Crippen molar-refractivity contribution in [3.8, 4) is 0 Å². The quantitative estimate of drug-likeness (QED) is 0.809. The molecule has 0 aromatic heterocycles. The van der Waals surface area contributed by atoms with Gasteiger partial charge in [-0.25, -0.2) is 0 Å². The Bertz CT molecular complexity index is 578. The van der Waals surface area contributed by atoms with Crippen molar-refractivity contribution in [3.05, 3.63) is 28.2 Å². The number of alkyl halides is 3. The Kier molecular flexibility index (Phi) is 6.74. The van der Waals surface area contributed by atoms with Gasteiger partial charge in [0.15, 0.2) is 0 Å². The summed E-state index contributed by atoms with van der Waals surface area (Å²) in [6, 6.07) is 2.71. The normalized spacial score (nSPS) is 17.5. The van der Waals surface area contributed by atoms with E-state index in [9.17, 15) is 18.0 Å². The number of hydrogen-bond acceptors (Lipinski definition) is 3. The fourth-order valence-electron chi connectivity index (χ4n) is 2.58. The molecule has 2 N–H and O–H groups in total. The molecule has 0 saturated carbocycles. The maximum Gasteiger partial charge on any atom is 0.404 e. The molecule has 4 nitrogen and oxygen atoms in total. The zero-order valence-corrected chi connectivity index (χ0v) is 14.1. The summed E-state index contributed by atoms with van der Waals surface area (Å²) in [5, 5.41) is 5.38. The molecule has 0 unspecified atom stereocenters. The smallest absolute Gasteiger partial charge is 0.381 e. The van der Waals surface area contributed by atoms with Gasteiger partial charge in [-0.15, -0.1) is 0 Å². The van der Waals surface area contributed by atoms with Crippen molar-refractivity contribution < 1.29 is 22.7 Å². The van der Waals surface area contributed by atoms with E-state index < -0.39 is 30.6 Å². The first-order valence-electron chi connectivity index (χ1n) is 7.40. The minimum atomic E-state index is -4.42. The summed E-state index contributed by atoms with van der Waals surface area (Å²) in [4.78, 5) is 11.9. The van der Waals surface area contributed by atoms with Crippen molar-refractivity contribution in [2.75, 3.05) is 25.1 Å². The van der Waals surface area contributed by atoms with Gasteiger partial charge in [-0.2, -0.15) is 13.2 Å². The van der Waals surface area contributed by atoms with Gasteiger partial charge in [-0.3, -0.25) is 10.1 Å². The summed E-state index contributed by atoms with van der Waals surface area (Å²) in [5.74, 6) is -1.19. The van der Waals surface area contributed by atoms with Gasteiger partial charge in [0.2, 0.25) is 5.91 Å². The van der Waals surface area contributed by atoms with Crippen LogP contribution in [0.15, 0.2) is 18.2 Å². The molecular weight excluding hydrogens is 368 g/mol. The van der Waals surface area contributed by atoms with Crippen LogP contribution in [0.5, 0.6) is 0 Å². The van der Waals surface area contributed by atoms with Crippen LogP contribution < -0.4 is 10.6 Å². The third-order valence-electron chi connectivity index (χ3n) is 3.78. The Morgan fingerprint density at radius 3 is 2.50 bits per heavy atom. The molecule has 1 saturated heterocycles. The monoisotopic (exact) mass is 384 g/mol. The van der Waals surface area contributed by atoms with Crippen LogP contribution in [0.4, 0.5) is 18.9 Å². The maximum absolute atomic E-state index is 13.2. The van der Waals surface area contributed by atoms with Crippen molar-refractivity contribution in [1.82, 2.24) is 5.32 Å². The van der Waals surface area contributed by atoms with Crippen molar-refractivity contribution in [2.24, 2.45) is 5.92 Å². The van der Waals surface area contributed by atoms with Gasteiger partial charge in [-0.1, -0.05) is 23.2 Å². The van der Waals surface area contributed by atoms with Crippen LogP contribution in [-0.4, -0.2) is 37.9 Å². The van der Waals surface area contributed by atoms with Crippen LogP contribution in [0.2, 0.25) is 10.0 Å². The summed E-state index contributed by atoms with van der Waals surface area (Å²) in [6.45, 7) is 0.143. The van der Waals surface area contributed by atoms with Gasteiger partial charge < -0.3 is 10.1 Å². The minimum absolute atomic E-state index is 0.248. The van der Waals surface area contributed by atoms with Crippen molar-refractivity contribution in [3.63, 3.8) is 0 Å². The Balaban J connectivity index is 1.92. The third-order valence-corrected chi connectivity index (χ3v) is 4.51. The molecule has 9 heteroatoms. The summed E-state index contributed by atoms with van der Waals surface area (Å²) in [7, 11) is 0. The first-order valence-corrected chi connectivity index (χ1v) is 8.15. The van der Waals surface area contributed by atoms with Crippen LogP contribution in [0, 0.1) is 5.92 Å². The number of carbonyl (C=O) groups excluding carboxylic acids is 1. The maximum atomic E-state index is 13.2. The number of nitrogens with one attached hydrogen (secondary N) is 2. The zero-order chi connectivity index (χ0) is 17.7. The van der Waals surface area contributed by atoms with E-state index in [0.29, 0.717) is 36.8 Å². The van der Waals surface area contributed by atoms with Gasteiger partial charge in [0.1, 0.15) is 6.04 Å². The van der Waals surface area contributed by atoms with E-state index in [2.05, 4.69) is 10.6 Å². The zero-order valence-electron chi connectivity index (χ0n) is 12.6. The average molecular weight is 385 g/mol. The minimum Gasteiger partial charge on any atom is -0.381 e. The molecule has 1 amide bonds. The predicted octanol–water partition coefficient (Wildman–Crippen LogP) is 3.88. The van der Waals surface area contributed by atoms with Gasteiger partial charge in [-0.05, 0) is 37.0 Å². The molecule has 24 heavy (non-hydrogen) atoms. The van der Waals surface area contributed by atoms with Crippen LogP contribution in [0.1, 0.15) is 12.8 Å². The van der Waals surface area contributed by atoms with E-state index in [0.717, 1.165) is 0 Å². The number of rotatable bonds is 5. The Hall–Kier alpha value is -1.02. The van der Waals surface area contributed by atoms with Crippen molar-refractivity contribution >= 4 is 34.8 Å². The average Bonchev–Trinajstić information content (AvgIpc) is 2.51. The number of hydrogen-bond donors (Lipinski definition) is 2. The fourth-order valence-corrected chi connectivity index (χ4v) is 2.88. The molecular formula is C15H17Cl2F3N2O2. The lowest BCUT2D eigenvalue weighted by Crippen LogP contribution is -2.51. The Morgan fingerprint density at radius 2 is 1.92 bits per heavy atom. The number of halogens is 5. The second kappa shape index (κ2) is 8.38. The Morgan fingerprint density at radius 1 is 1.25 bits per heavy atom. The SMILES string of the molecule is O=C(CN[C@H](C1CCOCC1)C(F)(F)F)Nc1ccc(Cl)c(Cl)c1. The van der Waals surface area contributed by atoms with E-state index >= 15 is 0 Å². The number of benzene rings is 1. The molecule has 1 aliphatic rings. The van der Waals surface area contributed by atoms with Gasteiger partial charge >= 0.3 is 6.18 Å². The molecule has 1 aromatic carbocycles. The van der Waals surface area contributed by atoms with E-state index in [4.69, 9.17) is 27.9 Å². The summed E-state index contributed by atoms with van der Waals surface area (Å²) in [6.07, 6.45) is -3.80. The van der Waals surface area contributed by atoms with E-state index in [-0.39, 0.29) is 5.02 Å². The van der Waals surface area contributed by atoms with E-state index in [1.165, 1.54) is 18.2 Å². The summed E-state index contributed by atoms with van der Waals surface area (Å²) < 4.78 is 44.7. The molecule has 0 bridgehead atoms. The predicted molar refractivity (Wildman–Crippen MR) is 86.5 cm³/mol. The van der Waals surface area contributed by atoms with Crippen LogP contribution in [0.3, 0.4) is 0 Å². The molecule has 0 aliphatic carbocycles. The molecule has 2 rings (SSSR count). The van der Waals surface area contributed by atoms with E-state index in [1.807, 2.05) is 0 Å². The molecule has 1 fully saturated rings. The highest BCUT2D eigenvalue weighted by molar-refractivity contribution is 6.42. The van der Waals surface area contributed by atoms with E-state index in [1.54, 1.807) is 0 Å². The topological polar surface area (TPSA) is 50.4 Å². The van der Waals surface area contributed by atoms with Gasteiger partial charge in [0.25, 0.3) is 0 Å². The first kappa shape index (κ1) is 19.3. The molecule has 1 aliphatic heterocycles. The van der Waals surface area contributed by atoms with Gasteiger partial charge in [0.05, 0.1) is 16.6 Å². The third kappa shape index (κ3) is 5.51. The van der Waals surface area contributed by atoms with Crippen molar-refractivity contribution in [2.45, 2.75) is 25.1 Å². The first-order chi connectivity index (χ1) is 11.3. The number of amides is 1. The number of anilines is 1. The van der Waals surface area contributed by atoms with Crippen LogP contribution in [-0.2, 0) is 9.53 Å². The van der Waals surface area contributed by atoms with Crippen molar-refractivity contribution in [1.29, 1.82) is 0 Å². The largest absolute Gasteiger partial charge is 0.404 e. The molecule has 1 aromatic rings. The number of carbonyl (C=O) groups is 1. The summed E-state index contributed by atoms with van der Waals surface area (Å²) in [5.41, 5.74) is 0.367. The highest BCUT2D eigenvalue weighted by atomic mass is 35.5. The molecule has 134 valence electrons. The highest BCUT2D eigenvalue weighted by Gasteiger charge is 2.44. The number of ether oxygens (including phenoxy) is 1. The standard InChI is InChI=1S/C15H17Cl2F3N2O2/c16-11-2-1-10(7-12(11)17)22-13(23)8-21-14(15(18,19)20)9-3-5-24-6-4-9/h1-2,7,9,14,21H,3-6,8H2,(H,22,23)/t14-/m1/s1. The second-order valence-electron chi connectivity index (χ2n) is 5.53. The lowest BCUT2D eigenvalue weighted by molar-refractivity contribution is -0.174. The lowest BCUT2D eigenvalue weighted by Gasteiger charge is -2.32. The lowest BCUT2D eigenvalue weighted by atomic mass is 9.91. The fraction of sp³-hybridized carbons (Fsp3) is 0.533.